The number of hydrogen-bond acceptors (Lipinski definition) is 8. The number of piperazine rings is 1. The largest absolute Gasteiger partial charge is 0.495 e. The third-order valence-electron chi connectivity index (χ3n) is 6.39. The highest BCUT2D eigenvalue weighted by molar-refractivity contribution is 6.41. The average molecular weight is 584 g/mol. The highest BCUT2D eigenvalue weighted by atomic mass is 35.5. The minimum Gasteiger partial charge on any atom is -0.495 e. The molecule has 9 nitrogen and oxygen atoms in total. The first-order valence-electron chi connectivity index (χ1n) is 13.0. The van der Waals surface area contributed by atoms with Crippen molar-refractivity contribution in [3.05, 3.63) is 70.2 Å². The number of carbonyl (C=O) groups excluding carboxylic acids is 1. The first-order valence-corrected chi connectivity index (χ1v) is 13.8. The summed E-state index contributed by atoms with van der Waals surface area (Å²) < 4.78 is 10.8. The monoisotopic (exact) mass is 582 g/mol. The second kappa shape index (κ2) is 13.7. The van der Waals surface area contributed by atoms with Gasteiger partial charge < -0.3 is 20.1 Å². The Balaban J connectivity index is 0.00000181. The van der Waals surface area contributed by atoms with E-state index in [0.29, 0.717) is 55.0 Å². The molecule has 4 aromatic rings. The van der Waals surface area contributed by atoms with Crippen LogP contribution in [0, 0.1) is 0 Å². The molecule has 2 aromatic carbocycles. The number of methoxy groups -OCH3 is 2. The van der Waals surface area contributed by atoms with Crippen molar-refractivity contribution in [3.63, 3.8) is 0 Å². The number of ether oxygens (including phenoxy) is 2. The summed E-state index contributed by atoms with van der Waals surface area (Å²) in [5.74, 6) is 0.462. The zero-order valence-corrected chi connectivity index (χ0v) is 24.4. The molecule has 40 heavy (non-hydrogen) atoms. The van der Waals surface area contributed by atoms with Crippen LogP contribution in [-0.2, 0) is 6.54 Å². The predicted molar refractivity (Wildman–Crippen MR) is 160 cm³/mol. The van der Waals surface area contributed by atoms with Crippen molar-refractivity contribution in [1.82, 2.24) is 25.2 Å². The lowest BCUT2D eigenvalue weighted by Crippen LogP contribution is -2.43. The van der Waals surface area contributed by atoms with Crippen LogP contribution in [0.1, 0.15) is 29.9 Å². The average Bonchev–Trinajstić information content (AvgIpc) is 3.00. The number of rotatable bonds is 7. The fourth-order valence-corrected chi connectivity index (χ4v) is 5.16. The molecule has 1 amide bonds. The molecule has 1 fully saturated rings. The minimum absolute atomic E-state index is 0.300. The Morgan fingerprint density at radius 1 is 0.950 bits per heavy atom. The Labute approximate surface area is 243 Å². The predicted octanol–water partition coefficient (Wildman–Crippen LogP) is 5.70. The number of amides is 1. The molecule has 1 aliphatic heterocycles. The van der Waals surface area contributed by atoms with Gasteiger partial charge in [-0.25, -0.2) is 0 Å². The lowest BCUT2D eigenvalue weighted by atomic mass is 9.99. The van der Waals surface area contributed by atoms with Gasteiger partial charge in [-0.05, 0) is 18.2 Å². The zero-order chi connectivity index (χ0) is 28.6. The Morgan fingerprint density at radius 3 is 2.20 bits per heavy atom. The summed E-state index contributed by atoms with van der Waals surface area (Å²) in [6.07, 6.45) is 4.75. The molecule has 2 N–H and O–H groups in total. The Morgan fingerprint density at radius 2 is 1.60 bits per heavy atom. The van der Waals surface area contributed by atoms with Gasteiger partial charge in [-0.3, -0.25) is 24.6 Å². The van der Waals surface area contributed by atoms with E-state index in [1.165, 1.54) is 20.4 Å². The minimum atomic E-state index is -0.334. The third kappa shape index (κ3) is 6.28. The molecule has 0 spiro atoms. The van der Waals surface area contributed by atoms with Gasteiger partial charge >= 0.3 is 0 Å². The van der Waals surface area contributed by atoms with Crippen molar-refractivity contribution < 1.29 is 14.3 Å². The summed E-state index contributed by atoms with van der Waals surface area (Å²) in [4.78, 5) is 29.1. The van der Waals surface area contributed by atoms with Crippen LogP contribution in [0.15, 0.2) is 48.9 Å². The second-order valence-corrected chi connectivity index (χ2v) is 9.47. The number of anilines is 1. The summed E-state index contributed by atoms with van der Waals surface area (Å²) in [6.45, 7) is 8.71. The summed E-state index contributed by atoms with van der Waals surface area (Å²) >= 11 is 13.3. The van der Waals surface area contributed by atoms with E-state index in [1.807, 2.05) is 26.0 Å². The Bertz CT molecular complexity index is 1450. The van der Waals surface area contributed by atoms with Gasteiger partial charge in [0.1, 0.15) is 17.0 Å². The standard InChI is InChI=1S/C27H26Cl2N6O3.C2H6/c1-37-20-13-21(38-2)24(29)22(23(20)28)18-5-6-19(26-25(18)31-7-8-32-26)27(36)34-16-3-4-17(33-14-16)15-35-11-9-30-10-12-35;1-2/h3-8,13-14,30H,9-12,15H2,1-2H3,(H,34,36);1-2H3. The number of aromatic nitrogens is 3. The molecule has 2 aromatic heterocycles. The van der Waals surface area contributed by atoms with E-state index in [4.69, 9.17) is 32.7 Å². The van der Waals surface area contributed by atoms with Gasteiger partial charge in [-0.15, -0.1) is 0 Å². The summed E-state index contributed by atoms with van der Waals surface area (Å²) in [5, 5.41) is 6.86. The smallest absolute Gasteiger partial charge is 0.257 e. The maximum atomic E-state index is 13.3. The van der Waals surface area contributed by atoms with E-state index in [2.05, 4.69) is 30.5 Å². The van der Waals surface area contributed by atoms with E-state index in [9.17, 15) is 4.79 Å². The molecule has 0 unspecified atom stereocenters. The van der Waals surface area contributed by atoms with Crippen LogP contribution >= 0.6 is 23.2 Å². The Kier molecular flexibility index (Phi) is 10.1. The van der Waals surface area contributed by atoms with E-state index >= 15 is 0 Å². The number of hydrogen-bond donors (Lipinski definition) is 2. The van der Waals surface area contributed by atoms with Gasteiger partial charge in [0.25, 0.3) is 5.91 Å². The number of nitrogens with one attached hydrogen (secondary N) is 2. The topological polar surface area (TPSA) is 102 Å². The lowest BCUT2D eigenvalue weighted by molar-refractivity contribution is 0.102. The molecule has 0 saturated carbocycles. The maximum absolute atomic E-state index is 13.3. The molecular weight excluding hydrogens is 551 g/mol. The summed E-state index contributed by atoms with van der Waals surface area (Å²) in [7, 11) is 3.02. The molecule has 0 bridgehead atoms. The second-order valence-electron chi connectivity index (χ2n) is 8.72. The number of pyridine rings is 1. The van der Waals surface area contributed by atoms with Crippen molar-refractivity contribution in [2.75, 3.05) is 45.7 Å². The van der Waals surface area contributed by atoms with Crippen molar-refractivity contribution >= 4 is 45.8 Å². The molecule has 3 heterocycles. The molecule has 0 aliphatic carbocycles. The van der Waals surface area contributed by atoms with Crippen LogP contribution in [0.3, 0.4) is 0 Å². The van der Waals surface area contributed by atoms with Gasteiger partial charge in [-0.1, -0.05) is 43.1 Å². The van der Waals surface area contributed by atoms with Gasteiger partial charge in [0.05, 0.1) is 52.9 Å². The first-order chi connectivity index (χ1) is 19.5. The van der Waals surface area contributed by atoms with E-state index in [0.717, 1.165) is 38.4 Å². The van der Waals surface area contributed by atoms with Crippen molar-refractivity contribution in [1.29, 1.82) is 0 Å². The van der Waals surface area contributed by atoms with Crippen LogP contribution in [0.25, 0.3) is 22.2 Å². The zero-order valence-electron chi connectivity index (χ0n) is 22.9. The normalized spacial score (nSPS) is 13.3. The van der Waals surface area contributed by atoms with E-state index in [1.54, 1.807) is 30.6 Å². The molecule has 11 heteroatoms. The summed E-state index contributed by atoms with van der Waals surface area (Å²) in [6, 6.07) is 8.82. The van der Waals surface area contributed by atoms with Gasteiger partial charge in [0.2, 0.25) is 0 Å². The maximum Gasteiger partial charge on any atom is 0.257 e. The molecule has 0 atom stereocenters. The molecular formula is C29H32Cl2N6O3. The van der Waals surface area contributed by atoms with Crippen molar-refractivity contribution in [2.24, 2.45) is 0 Å². The summed E-state index contributed by atoms with van der Waals surface area (Å²) in [5.41, 5.74) is 3.83. The number of halogens is 2. The first kappa shape index (κ1) is 29.5. The lowest BCUT2D eigenvalue weighted by Gasteiger charge is -2.26. The van der Waals surface area contributed by atoms with Crippen molar-refractivity contribution in [2.45, 2.75) is 20.4 Å². The van der Waals surface area contributed by atoms with Crippen LogP contribution in [-0.4, -0.2) is 66.2 Å². The quantitative estimate of drug-likeness (QED) is 0.286. The number of carbonyl (C=O) groups is 1. The van der Waals surface area contributed by atoms with Crippen LogP contribution < -0.4 is 20.1 Å². The number of fused-ring (bicyclic) bond motifs is 1. The van der Waals surface area contributed by atoms with E-state index in [-0.39, 0.29) is 5.91 Å². The highest BCUT2D eigenvalue weighted by Crippen LogP contribution is 2.47. The Hall–Kier alpha value is -3.50. The van der Waals surface area contributed by atoms with Crippen LogP contribution in [0.4, 0.5) is 5.69 Å². The van der Waals surface area contributed by atoms with Crippen LogP contribution in [0.2, 0.25) is 10.0 Å². The fourth-order valence-electron chi connectivity index (χ4n) is 4.45. The number of benzene rings is 2. The molecule has 0 radical (unpaired) electrons. The third-order valence-corrected chi connectivity index (χ3v) is 7.14. The van der Waals surface area contributed by atoms with E-state index < -0.39 is 0 Å². The molecule has 1 saturated heterocycles. The van der Waals surface area contributed by atoms with Crippen molar-refractivity contribution in [3.8, 4) is 22.6 Å². The van der Waals surface area contributed by atoms with Gasteiger partial charge in [-0.2, -0.15) is 0 Å². The van der Waals surface area contributed by atoms with Gasteiger partial charge in [0, 0.05) is 62.3 Å². The molecule has 1 aliphatic rings. The molecule has 210 valence electrons. The van der Waals surface area contributed by atoms with Gasteiger partial charge in [0.15, 0.2) is 0 Å². The molecule has 5 rings (SSSR count). The highest BCUT2D eigenvalue weighted by Gasteiger charge is 2.23. The number of nitrogens with zero attached hydrogens (tertiary/aromatic N) is 4. The van der Waals surface area contributed by atoms with Crippen LogP contribution in [0.5, 0.6) is 11.5 Å². The fraction of sp³-hybridized carbons (Fsp3) is 0.310. The SMILES string of the molecule is CC.COc1cc(OC)c(Cl)c(-c2ccc(C(=O)Nc3ccc(CN4CCNCC4)nc3)c3nccnc23)c1Cl.